The van der Waals surface area contributed by atoms with Gasteiger partial charge in [0.05, 0.1) is 29.9 Å². The molecular formula is C33H36CaF2N2O5. The molecule has 1 aromatic heterocycles. The van der Waals surface area contributed by atoms with Gasteiger partial charge in [0, 0.05) is 29.1 Å². The first-order valence-electron chi connectivity index (χ1n) is 13.8. The number of carboxylic acid groups (broad SMARTS) is 1. The third-order valence-electron chi connectivity index (χ3n) is 7.01. The normalized spacial score (nSPS) is 12.4. The van der Waals surface area contributed by atoms with Crippen molar-refractivity contribution >= 4 is 55.3 Å². The van der Waals surface area contributed by atoms with Gasteiger partial charge in [0.2, 0.25) is 0 Å². The third kappa shape index (κ3) is 8.52. The minimum absolute atomic E-state index is 0. The Morgan fingerprint density at radius 1 is 0.860 bits per heavy atom. The van der Waals surface area contributed by atoms with Crippen molar-refractivity contribution < 1.29 is 33.7 Å². The fraction of sp³-hybridized carbons (Fsp3) is 0.273. The maximum absolute atomic E-state index is 14.6. The first-order valence-corrected chi connectivity index (χ1v) is 13.8. The van der Waals surface area contributed by atoms with Gasteiger partial charge in [-0.25, -0.2) is 8.78 Å². The Bertz CT molecular complexity index is 1540. The Hall–Kier alpha value is -3.08. The van der Waals surface area contributed by atoms with Crippen LogP contribution in [0.4, 0.5) is 14.5 Å². The predicted octanol–water partition coefficient (Wildman–Crippen LogP) is 5.54. The summed E-state index contributed by atoms with van der Waals surface area (Å²) < 4.78 is 30.5. The number of aliphatic carboxylic acids is 1. The van der Waals surface area contributed by atoms with Gasteiger partial charge in [-0.05, 0) is 54.7 Å². The van der Waals surface area contributed by atoms with Crippen LogP contribution in [-0.2, 0) is 11.3 Å². The van der Waals surface area contributed by atoms with Crippen LogP contribution in [0.1, 0.15) is 55.1 Å². The molecule has 0 bridgehead atoms. The minimum atomic E-state index is -1.23. The molecule has 0 aliphatic heterocycles. The molecule has 3 aromatic carbocycles. The molecule has 1 heterocycles. The van der Waals surface area contributed by atoms with Crippen LogP contribution in [0.5, 0.6) is 0 Å². The van der Waals surface area contributed by atoms with E-state index in [1.807, 2.05) is 54.8 Å². The number of aromatic nitrogens is 1. The van der Waals surface area contributed by atoms with E-state index in [1.54, 1.807) is 24.3 Å². The Morgan fingerprint density at radius 3 is 2.07 bits per heavy atom. The summed E-state index contributed by atoms with van der Waals surface area (Å²) in [6, 6.07) is 21.7. The molecule has 2 atom stereocenters. The number of amides is 1. The quantitative estimate of drug-likeness (QED) is 0.156. The zero-order chi connectivity index (χ0) is 30.4. The number of carboxylic acids is 1. The van der Waals surface area contributed by atoms with Gasteiger partial charge in [-0.15, -0.1) is 0 Å². The number of hydrogen-bond acceptors (Lipinski definition) is 4. The molecule has 0 fully saturated rings. The fourth-order valence-electron chi connectivity index (χ4n) is 5.24. The number of carbonyl (C=O) groups is 2. The molecule has 0 spiro atoms. The van der Waals surface area contributed by atoms with Gasteiger partial charge in [0.25, 0.3) is 5.91 Å². The van der Waals surface area contributed by atoms with Crippen molar-refractivity contribution in [1.29, 1.82) is 0 Å². The van der Waals surface area contributed by atoms with Crippen molar-refractivity contribution in [3.8, 4) is 22.4 Å². The van der Waals surface area contributed by atoms with Gasteiger partial charge in [-0.2, -0.15) is 0 Å². The fourth-order valence-corrected chi connectivity index (χ4v) is 5.24. The summed E-state index contributed by atoms with van der Waals surface area (Å²) in [4.78, 5) is 25.0. The number of aliphatic hydroxyl groups is 2. The van der Waals surface area contributed by atoms with Crippen LogP contribution < -0.4 is 5.32 Å². The number of hydrogen-bond donors (Lipinski definition) is 4. The Balaban J connectivity index is 0.00000506. The SMILES string of the molecule is CC(C)c1c(C(=O)Nc2ccccc2)c(-c2ccccc2)c(-c2ccc(F)c(F)c2)n1CC[C@@H](O)C[C@@H](O)CC(=O)O.[CaH2]. The summed E-state index contributed by atoms with van der Waals surface area (Å²) in [6.45, 7) is 3.99. The summed E-state index contributed by atoms with van der Waals surface area (Å²) in [5.41, 5.74) is 3.60. The molecule has 1 amide bonds. The van der Waals surface area contributed by atoms with Gasteiger partial charge < -0.3 is 25.2 Å². The molecule has 4 N–H and O–H groups in total. The molecule has 10 heteroatoms. The zero-order valence-electron chi connectivity index (χ0n) is 23.4. The number of benzene rings is 3. The van der Waals surface area contributed by atoms with Gasteiger partial charge in [0.1, 0.15) is 0 Å². The summed E-state index contributed by atoms with van der Waals surface area (Å²) in [6.07, 6.45) is -2.83. The Labute approximate surface area is 279 Å². The number of rotatable bonds is 12. The Kier molecular flexibility index (Phi) is 12.5. The van der Waals surface area contributed by atoms with E-state index in [0.717, 1.165) is 12.1 Å². The second-order valence-electron chi connectivity index (χ2n) is 10.5. The van der Waals surface area contributed by atoms with Gasteiger partial charge in [-0.1, -0.05) is 62.4 Å². The molecule has 0 aliphatic carbocycles. The van der Waals surface area contributed by atoms with E-state index in [-0.39, 0.29) is 68.9 Å². The molecule has 4 aromatic rings. The molecule has 0 aliphatic rings. The van der Waals surface area contributed by atoms with Gasteiger partial charge in [0.15, 0.2) is 11.6 Å². The molecule has 4 rings (SSSR count). The number of aliphatic hydroxyl groups excluding tert-OH is 2. The molecular weight excluding hydrogens is 582 g/mol. The van der Waals surface area contributed by atoms with E-state index < -0.39 is 36.2 Å². The summed E-state index contributed by atoms with van der Waals surface area (Å²) in [5, 5.41) is 32.7. The van der Waals surface area contributed by atoms with Crippen LogP contribution >= 0.6 is 0 Å². The number of para-hydroxylation sites is 1. The average molecular weight is 619 g/mol. The zero-order valence-corrected chi connectivity index (χ0v) is 23.4. The molecule has 0 unspecified atom stereocenters. The standard InChI is InChI=1S/C33H34F2N2O5.Ca.2H/c1-20(2)31-30(33(42)36-23-11-7-4-8-12-23)29(21-9-5-3-6-10-21)32(22-13-14-26(34)27(35)17-22)37(31)16-15-24(38)18-25(39)19-28(40)41;;;/h3-14,17,20,24-25,38-39H,15-16,18-19H2,1-2H3,(H,36,42)(H,40,41);;;/t24-,25-;;;/m1.../s1. The number of anilines is 1. The van der Waals surface area contributed by atoms with E-state index in [2.05, 4.69) is 5.32 Å². The molecule has 0 saturated heterocycles. The van der Waals surface area contributed by atoms with E-state index in [1.165, 1.54) is 6.07 Å². The summed E-state index contributed by atoms with van der Waals surface area (Å²) in [7, 11) is 0. The maximum atomic E-state index is 14.6. The molecule has 224 valence electrons. The van der Waals surface area contributed by atoms with Crippen LogP contribution in [0.25, 0.3) is 22.4 Å². The van der Waals surface area contributed by atoms with Crippen LogP contribution in [0, 0.1) is 11.6 Å². The van der Waals surface area contributed by atoms with Crippen LogP contribution in [0.3, 0.4) is 0 Å². The van der Waals surface area contributed by atoms with Crippen molar-refractivity contribution in [2.45, 2.75) is 57.8 Å². The van der Waals surface area contributed by atoms with E-state index in [4.69, 9.17) is 5.11 Å². The van der Waals surface area contributed by atoms with E-state index in [9.17, 15) is 28.6 Å². The average Bonchev–Trinajstić information content (AvgIpc) is 3.29. The molecule has 43 heavy (non-hydrogen) atoms. The molecule has 0 saturated carbocycles. The third-order valence-corrected chi connectivity index (χ3v) is 7.01. The van der Waals surface area contributed by atoms with Gasteiger partial charge >= 0.3 is 43.7 Å². The van der Waals surface area contributed by atoms with Crippen molar-refractivity contribution in [3.05, 3.63) is 102 Å². The van der Waals surface area contributed by atoms with Gasteiger partial charge in [-0.3, -0.25) is 9.59 Å². The number of carbonyl (C=O) groups excluding carboxylic acids is 1. The number of halogens is 2. The van der Waals surface area contributed by atoms with E-state index in [0.29, 0.717) is 39.3 Å². The summed E-state index contributed by atoms with van der Waals surface area (Å²) >= 11 is 0. The first kappa shape index (κ1) is 34.4. The molecule has 7 nitrogen and oxygen atoms in total. The Morgan fingerprint density at radius 2 is 1.49 bits per heavy atom. The van der Waals surface area contributed by atoms with Crippen molar-refractivity contribution in [1.82, 2.24) is 4.57 Å². The second kappa shape index (κ2) is 15.6. The predicted molar refractivity (Wildman–Crippen MR) is 166 cm³/mol. The van der Waals surface area contributed by atoms with E-state index >= 15 is 0 Å². The van der Waals surface area contributed by atoms with Crippen molar-refractivity contribution in [3.63, 3.8) is 0 Å². The molecule has 0 radical (unpaired) electrons. The second-order valence-corrected chi connectivity index (χ2v) is 10.5. The monoisotopic (exact) mass is 618 g/mol. The topological polar surface area (TPSA) is 112 Å². The number of nitrogens with one attached hydrogen (secondary N) is 1. The number of nitrogens with zero attached hydrogens (tertiary/aromatic N) is 1. The van der Waals surface area contributed by atoms with Crippen LogP contribution in [0.2, 0.25) is 0 Å². The van der Waals surface area contributed by atoms with Crippen LogP contribution in [-0.4, -0.2) is 81.7 Å². The first-order chi connectivity index (χ1) is 20.1. The van der Waals surface area contributed by atoms with Crippen molar-refractivity contribution in [2.75, 3.05) is 5.32 Å². The van der Waals surface area contributed by atoms with Crippen LogP contribution in [0.15, 0.2) is 78.9 Å². The van der Waals surface area contributed by atoms with Crippen molar-refractivity contribution in [2.24, 2.45) is 0 Å². The summed E-state index contributed by atoms with van der Waals surface area (Å²) in [5.74, 6) is -3.82.